The lowest BCUT2D eigenvalue weighted by Crippen LogP contribution is -2.40. The predicted molar refractivity (Wildman–Crippen MR) is 92.3 cm³/mol. The van der Waals surface area contributed by atoms with Gasteiger partial charge in [0.1, 0.15) is 12.3 Å². The van der Waals surface area contributed by atoms with Gasteiger partial charge in [-0.05, 0) is 37.6 Å². The molecule has 0 heterocycles. The van der Waals surface area contributed by atoms with Gasteiger partial charge in [0.2, 0.25) is 15.9 Å². The summed E-state index contributed by atoms with van der Waals surface area (Å²) in [6.45, 7) is 4.83. The van der Waals surface area contributed by atoms with Crippen LogP contribution < -0.4 is 14.4 Å². The van der Waals surface area contributed by atoms with Crippen LogP contribution >= 0.6 is 0 Å². The Morgan fingerprint density at radius 2 is 1.83 bits per heavy atom. The zero-order chi connectivity index (χ0) is 17.3. The standard InChI is InChI=1S/C16H26N2O4S/c1-4-6-7-12-17-16(19)13-18(23(3,20)21)14-8-10-15(11-9-14)22-5-2/h8-11H,4-7,12-13H2,1-3H3,(H,17,19). The molecule has 0 radical (unpaired) electrons. The number of rotatable bonds is 10. The number of ether oxygens (including phenoxy) is 1. The van der Waals surface area contributed by atoms with Crippen LogP contribution in [0.1, 0.15) is 33.1 Å². The number of hydrogen-bond acceptors (Lipinski definition) is 4. The van der Waals surface area contributed by atoms with Crippen molar-refractivity contribution in [3.8, 4) is 5.75 Å². The number of nitrogens with one attached hydrogen (secondary N) is 1. The van der Waals surface area contributed by atoms with Crippen LogP contribution in [0.3, 0.4) is 0 Å². The van der Waals surface area contributed by atoms with Gasteiger partial charge in [0, 0.05) is 6.54 Å². The SMILES string of the molecule is CCCCCNC(=O)CN(c1ccc(OCC)cc1)S(C)(=O)=O. The third-order valence-corrected chi connectivity index (χ3v) is 4.37. The maximum atomic E-state index is 12.0. The van der Waals surface area contributed by atoms with E-state index < -0.39 is 10.0 Å². The first-order valence-corrected chi connectivity index (χ1v) is 9.70. The van der Waals surface area contributed by atoms with Gasteiger partial charge in [0.05, 0.1) is 18.6 Å². The average molecular weight is 342 g/mol. The van der Waals surface area contributed by atoms with Crippen molar-refractivity contribution in [2.75, 3.05) is 30.3 Å². The Kier molecular flexibility index (Phi) is 7.88. The van der Waals surface area contributed by atoms with E-state index in [-0.39, 0.29) is 12.5 Å². The fraction of sp³-hybridized carbons (Fsp3) is 0.562. The summed E-state index contributed by atoms with van der Waals surface area (Å²) >= 11 is 0. The Bertz CT molecular complexity index is 585. The average Bonchev–Trinajstić information content (AvgIpc) is 2.49. The molecule has 0 saturated carbocycles. The van der Waals surface area contributed by atoms with Gasteiger partial charge in [-0.2, -0.15) is 0 Å². The van der Waals surface area contributed by atoms with Gasteiger partial charge in [-0.15, -0.1) is 0 Å². The number of benzene rings is 1. The second kappa shape index (κ2) is 9.39. The number of sulfonamides is 1. The minimum Gasteiger partial charge on any atom is -0.494 e. The minimum atomic E-state index is -3.54. The van der Waals surface area contributed by atoms with Gasteiger partial charge in [-0.1, -0.05) is 19.8 Å². The van der Waals surface area contributed by atoms with E-state index in [1.807, 2.05) is 6.92 Å². The van der Waals surface area contributed by atoms with Gasteiger partial charge in [0.15, 0.2) is 0 Å². The Morgan fingerprint density at radius 1 is 1.17 bits per heavy atom. The van der Waals surface area contributed by atoms with Gasteiger partial charge in [0.25, 0.3) is 0 Å². The molecule has 0 spiro atoms. The van der Waals surface area contributed by atoms with E-state index in [1.165, 1.54) is 0 Å². The quantitative estimate of drug-likeness (QED) is 0.661. The van der Waals surface area contributed by atoms with Crippen LogP contribution in [0.4, 0.5) is 5.69 Å². The van der Waals surface area contributed by atoms with Crippen molar-refractivity contribution in [2.45, 2.75) is 33.1 Å². The summed E-state index contributed by atoms with van der Waals surface area (Å²) in [6, 6.07) is 6.65. The summed E-state index contributed by atoms with van der Waals surface area (Å²) in [7, 11) is -3.54. The first-order valence-electron chi connectivity index (χ1n) is 7.85. The summed E-state index contributed by atoms with van der Waals surface area (Å²) in [6.07, 6.45) is 4.09. The van der Waals surface area contributed by atoms with Gasteiger partial charge in [-0.25, -0.2) is 8.42 Å². The van der Waals surface area contributed by atoms with Crippen molar-refractivity contribution >= 4 is 21.6 Å². The van der Waals surface area contributed by atoms with E-state index in [4.69, 9.17) is 4.74 Å². The molecule has 0 aliphatic heterocycles. The van der Waals surface area contributed by atoms with Crippen molar-refractivity contribution in [2.24, 2.45) is 0 Å². The fourth-order valence-corrected chi connectivity index (χ4v) is 2.92. The van der Waals surface area contributed by atoms with E-state index in [0.717, 1.165) is 29.8 Å². The molecule has 1 N–H and O–H groups in total. The van der Waals surface area contributed by atoms with E-state index in [0.29, 0.717) is 24.6 Å². The van der Waals surface area contributed by atoms with Crippen LogP contribution in [-0.4, -0.2) is 40.3 Å². The van der Waals surface area contributed by atoms with E-state index in [1.54, 1.807) is 24.3 Å². The highest BCUT2D eigenvalue weighted by atomic mass is 32.2. The normalized spacial score (nSPS) is 11.1. The number of carbonyl (C=O) groups is 1. The Labute approximate surface area is 138 Å². The van der Waals surface area contributed by atoms with Crippen molar-refractivity contribution in [1.82, 2.24) is 5.32 Å². The third kappa shape index (κ3) is 6.90. The Morgan fingerprint density at radius 3 is 2.35 bits per heavy atom. The number of nitrogens with zero attached hydrogens (tertiary/aromatic N) is 1. The van der Waals surface area contributed by atoms with Crippen molar-refractivity contribution in [3.63, 3.8) is 0 Å². The zero-order valence-corrected chi connectivity index (χ0v) is 14.9. The smallest absolute Gasteiger partial charge is 0.240 e. The number of amides is 1. The van der Waals surface area contributed by atoms with Crippen LogP contribution in [0.5, 0.6) is 5.75 Å². The highest BCUT2D eigenvalue weighted by molar-refractivity contribution is 7.92. The van der Waals surface area contributed by atoms with Crippen molar-refractivity contribution < 1.29 is 17.9 Å². The molecule has 1 amide bonds. The summed E-state index contributed by atoms with van der Waals surface area (Å²) in [5.41, 5.74) is 0.444. The molecule has 0 atom stereocenters. The Balaban J connectivity index is 2.75. The summed E-state index contributed by atoms with van der Waals surface area (Å²) in [5.74, 6) is 0.356. The zero-order valence-electron chi connectivity index (χ0n) is 14.0. The molecular weight excluding hydrogens is 316 g/mol. The number of hydrogen-bond donors (Lipinski definition) is 1. The lowest BCUT2D eigenvalue weighted by Gasteiger charge is -2.22. The molecule has 0 unspecified atom stereocenters. The van der Waals surface area contributed by atoms with Crippen LogP contribution in [0.15, 0.2) is 24.3 Å². The molecular formula is C16H26N2O4S. The molecule has 1 aromatic rings. The number of anilines is 1. The lowest BCUT2D eigenvalue weighted by atomic mass is 10.2. The third-order valence-electron chi connectivity index (χ3n) is 3.23. The van der Waals surface area contributed by atoms with Gasteiger partial charge < -0.3 is 10.1 Å². The van der Waals surface area contributed by atoms with Crippen LogP contribution in [0.2, 0.25) is 0 Å². The van der Waals surface area contributed by atoms with Crippen LogP contribution in [0, 0.1) is 0 Å². The van der Waals surface area contributed by atoms with E-state index >= 15 is 0 Å². The molecule has 0 aliphatic rings. The topological polar surface area (TPSA) is 75.7 Å². The molecule has 0 bridgehead atoms. The molecule has 130 valence electrons. The predicted octanol–water partition coefficient (Wildman–Crippen LogP) is 2.16. The molecule has 23 heavy (non-hydrogen) atoms. The summed E-state index contributed by atoms with van der Waals surface area (Å²) in [4.78, 5) is 12.0. The monoisotopic (exact) mass is 342 g/mol. The first-order chi connectivity index (χ1) is 10.9. The molecule has 0 aromatic heterocycles. The molecule has 6 nitrogen and oxygen atoms in total. The highest BCUT2D eigenvalue weighted by Gasteiger charge is 2.20. The largest absolute Gasteiger partial charge is 0.494 e. The second-order valence-corrected chi connectivity index (χ2v) is 7.16. The maximum absolute atomic E-state index is 12.0. The molecule has 1 aromatic carbocycles. The molecule has 1 rings (SSSR count). The molecule has 7 heteroatoms. The number of unbranched alkanes of at least 4 members (excludes halogenated alkanes) is 2. The van der Waals surface area contributed by atoms with E-state index in [9.17, 15) is 13.2 Å². The van der Waals surface area contributed by atoms with E-state index in [2.05, 4.69) is 12.2 Å². The van der Waals surface area contributed by atoms with Crippen LogP contribution in [0.25, 0.3) is 0 Å². The summed E-state index contributed by atoms with van der Waals surface area (Å²) < 4.78 is 30.4. The van der Waals surface area contributed by atoms with Crippen molar-refractivity contribution in [1.29, 1.82) is 0 Å². The fourth-order valence-electron chi connectivity index (χ4n) is 2.06. The first kappa shape index (κ1) is 19.3. The van der Waals surface area contributed by atoms with Crippen molar-refractivity contribution in [3.05, 3.63) is 24.3 Å². The molecule has 0 saturated heterocycles. The maximum Gasteiger partial charge on any atom is 0.240 e. The van der Waals surface area contributed by atoms with Crippen LogP contribution in [-0.2, 0) is 14.8 Å². The Hall–Kier alpha value is -1.76. The second-order valence-electron chi connectivity index (χ2n) is 5.25. The lowest BCUT2D eigenvalue weighted by molar-refractivity contribution is -0.119. The minimum absolute atomic E-state index is 0.223. The number of carbonyl (C=O) groups excluding carboxylic acids is 1. The van der Waals surface area contributed by atoms with Gasteiger partial charge >= 0.3 is 0 Å². The van der Waals surface area contributed by atoms with Gasteiger partial charge in [-0.3, -0.25) is 9.10 Å². The summed E-state index contributed by atoms with van der Waals surface area (Å²) in [5, 5.41) is 2.75. The molecule has 0 aliphatic carbocycles. The highest BCUT2D eigenvalue weighted by Crippen LogP contribution is 2.21. The molecule has 0 fully saturated rings.